The van der Waals surface area contributed by atoms with E-state index in [2.05, 4.69) is 10.0 Å². The van der Waals surface area contributed by atoms with Crippen LogP contribution in [0.4, 0.5) is 5.69 Å². The Labute approximate surface area is 188 Å². The van der Waals surface area contributed by atoms with Gasteiger partial charge in [0.15, 0.2) is 11.5 Å². The van der Waals surface area contributed by atoms with E-state index in [9.17, 15) is 13.2 Å². The van der Waals surface area contributed by atoms with E-state index in [4.69, 9.17) is 9.47 Å². The number of methoxy groups -OCH3 is 2. The average molecular weight is 455 g/mol. The molecule has 0 heterocycles. The van der Waals surface area contributed by atoms with Crippen molar-refractivity contribution >= 4 is 21.6 Å². The Morgan fingerprint density at radius 2 is 1.69 bits per heavy atom. The lowest BCUT2D eigenvalue weighted by Gasteiger charge is -2.14. The third-order valence-corrected chi connectivity index (χ3v) is 6.46. The van der Waals surface area contributed by atoms with Crippen molar-refractivity contribution in [2.24, 2.45) is 0 Å². The van der Waals surface area contributed by atoms with Crippen LogP contribution in [0.3, 0.4) is 0 Å². The zero-order valence-electron chi connectivity index (χ0n) is 18.4. The van der Waals surface area contributed by atoms with Crippen molar-refractivity contribution in [2.45, 2.75) is 25.3 Å². The number of benzene rings is 3. The highest BCUT2D eigenvalue weighted by Crippen LogP contribution is 2.30. The number of hydrogen-bond donors (Lipinski definition) is 2. The van der Waals surface area contributed by atoms with Gasteiger partial charge in [-0.2, -0.15) is 0 Å². The fraction of sp³-hybridized carbons (Fsp3) is 0.208. The molecule has 0 atom stereocenters. The minimum atomic E-state index is -3.79. The summed E-state index contributed by atoms with van der Waals surface area (Å²) in [6, 6.07) is 17.0. The molecule has 0 aromatic heterocycles. The molecule has 3 rings (SSSR count). The smallest absolute Gasteiger partial charge is 0.262 e. The molecule has 0 radical (unpaired) electrons. The van der Waals surface area contributed by atoms with E-state index in [1.807, 2.05) is 25.1 Å². The largest absolute Gasteiger partial charge is 0.493 e. The van der Waals surface area contributed by atoms with E-state index < -0.39 is 10.0 Å². The fourth-order valence-electron chi connectivity index (χ4n) is 3.30. The first-order valence-electron chi connectivity index (χ1n) is 9.93. The monoisotopic (exact) mass is 454 g/mol. The lowest BCUT2D eigenvalue weighted by molar-refractivity contribution is 0.0950. The number of ether oxygens (including phenoxy) is 2. The highest BCUT2D eigenvalue weighted by molar-refractivity contribution is 7.92. The SMILES string of the molecule is COc1cccc(CNC(=O)c2cccc(NS(=O)(=O)c3cc(C)ccc3C)c2)c1OC. The number of sulfonamides is 1. The van der Waals surface area contributed by atoms with Crippen molar-refractivity contribution in [3.05, 3.63) is 82.9 Å². The van der Waals surface area contributed by atoms with Crippen LogP contribution >= 0.6 is 0 Å². The first kappa shape index (κ1) is 23.1. The second-order valence-electron chi connectivity index (χ2n) is 7.29. The van der Waals surface area contributed by atoms with Crippen LogP contribution < -0.4 is 19.5 Å². The number of hydrogen-bond acceptors (Lipinski definition) is 5. The van der Waals surface area contributed by atoms with E-state index in [0.717, 1.165) is 11.1 Å². The molecule has 168 valence electrons. The minimum Gasteiger partial charge on any atom is -0.493 e. The van der Waals surface area contributed by atoms with Crippen LogP contribution in [0, 0.1) is 13.8 Å². The minimum absolute atomic E-state index is 0.206. The number of amides is 1. The Morgan fingerprint density at radius 1 is 0.938 bits per heavy atom. The lowest BCUT2D eigenvalue weighted by Crippen LogP contribution is -2.23. The van der Waals surface area contributed by atoms with Gasteiger partial charge in [0.05, 0.1) is 19.1 Å². The van der Waals surface area contributed by atoms with Gasteiger partial charge < -0.3 is 14.8 Å². The maximum absolute atomic E-state index is 12.9. The highest BCUT2D eigenvalue weighted by atomic mass is 32.2. The van der Waals surface area contributed by atoms with E-state index in [1.54, 1.807) is 50.4 Å². The molecule has 3 aromatic rings. The highest BCUT2D eigenvalue weighted by Gasteiger charge is 2.18. The summed E-state index contributed by atoms with van der Waals surface area (Å²) in [4.78, 5) is 12.9. The Bertz CT molecular complexity index is 1240. The van der Waals surface area contributed by atoms with Gasteiger partial charge in [0.1, 0.15) is 0 Å². The molecule has 0 spiro atoms. The molecule has 32 heavy (non-hydrogen) atoms. The van der Waals surface area contributed by atoms with Crippen molar-refractivity contribution in [1.29, 1.82) is 0 Å². The topological polar surface area (TPSA) is 93.7 Å². The standard InChI is InChI=1S/C24H26N2O5S/c1-16-11-12-17(2)22(13-16)32(28,29)26-20-9-5-7-18(14-20)24(27)25-15-19-8-6-10-21(30-3)23(19)31-4/h5-14,26H,15H2,1-4H3,(H,25,27). The van der Waals surface area contributed by atoms with Crippen LogP contribution in [0.15, 0.2) is 65.6 Å². The third-order valence-electron chi connectivity index (χ3n) is 4.93. The van der Waals surface area contributed by atoms with Crippen LogP contribution in [0.2, 0.25) is 0 Å². The zero-order valence-corrected chi connectivity index (χ0v) is 19.2. The number of aryl methyl sites for hydroxylation is 2. The molecule has 1 amide bonds. The molecule has 0 bridgehead atoms. The van der Waals surface area contributed by atoms with Crippen molar-refractivity contribution in [3.63, 3.8) is 0 Å². The lowest BCUT2D eigenvalue weighted by atomic mass is 10.1. The van der Waals surface area contributed by atoms with Gasteiger partial charge in [-0.05, 0) is 55.3 Å². The Balaban J connectivity index is 1.76. The quantitative estimate of drug-likeness (QED) is 0.536. The molecule has 0 aliphatic heterocycles. The third kappa shape index (κ3) is 5.20. The van der Waals surface area contributed by atoms with Gasteiger partial charge in [0, 0.05) is 23.4 Å². The van der Waals surface area contributed by atoms with E-state index >= 15 is 0 Å². The molecule has 0 aliphatic carbocycles. The molecule has 0 aliphatic rings. The molecule has 0 fully saturated rings. The van der Waals surface area contributed by atoms with Crippen LogP contribution in [0.25, 0.3) is 0 Å². The molecule has 0 saturated heterocycles. The van der Waals surface area contributed by atoms with Gasteiger partial charge >= 0.3 is 0 Å². The van der Waals surface area contributed by atoms with Crippen LogP contribution in [0.5, 0.6) is 11.5 Å². The number of carbonyl (C=O) groups excluding carboxylic acids is 1. The molecule has 8 heteroatoms. The summed E-state index contributed by atoms with van der Waals surface area (Å²) in [5.74, 6) is 0.773. The maximum Gasteiger partial charge on any atom is 0.262 e. The van der Waals surface area contributed by atoms with E-state index in [-0.39, 0.29) is 17.3 Å². The summed E-state index contributed by atoms with van der Waals surface area (Å²) in [6.45, 7) is 3.79. The number of anilines is 1. The summed E-state index contributed by atoms with van der Waals surface area (Å²) in [5, 5.41) is 2.83. The molecular formula is C24H26N2O5S. The number of nitrogens with one attached hydrogen (secondary N) is 2. The van der Waals surface area contributed by atoms with Crippen molar-refractivity contribution in [1.82, 2.24) is 5.32 Å². The Morgan fingerprint density at radius 3 is 2.41 bits per heavy atom. The van der Waals surface area contributed by atoms with Crippen molar-refractivity contribution < 1.29 is 22.7 Å². The van der Waals surface area contributed by atoms with Crippen molar-refractivity contribution in [3.8, 4) is 11.5 Å². The van der Waals surface area contributed by atoms with Gasteiger partial charge in [0.2, 0.25) is 0 Å². The van der Waals surface area contributed by atoms with Crippen LogP contribution in [-0.4, -0.2) is 28.5 Å². The number of para-hydroxylation sites is 1. The maximum atomic E-state index is 12.9. The average Bonchev–Trinajstić information content (AvgIpc) is 2.78. The molecule has 2 N–H and O–H groups in total. The predicted molar refractivity (Wildman–Crippen MR) is 124 cm³/mol. The van der Waals surface area contributed by atoms with E-state index in [0.29, 0.717) is 28.3 Å². The van der Waals surface area contributed by atoms with Gasteiger partial charge in [-0.25, -0.2) is 8.42 Å². The second kappa shape index (κ2) is 9.74. The van der Waals surface area contributed by atoms with Crippen LogP contribution in [-0.2, 0) is 16.6 Å². The molecule has 0 unspecified atom stereocenters. The summed E-state index contributed by atoms with van der Waals surface area (Å²) < 4.78 is 38.9. The predicted octanol–water partition coefficient (Wildman–Crippen LogP) is 4.05. The van der Waals surface area contributed by atoms with Crippen LogP contribution in [0.1, 0.15) is 27.0 Å². The summed E-state index contributed by atoms with van der Waals surface area (Å²) >= 11 is 0. The molecular weight excluding hydrogens is 428 g/mol. The van der Waals surface area contributed by atoms with Gasteiger partial charge in [0.25, 0.3) is 15.9 Å². The molecule has 7 nitrogen and oxygen atoms in total. The Kier molecular flexibility index (Phi) is 7.05. The molecule has 0 saturated carbocycles. The second-order valence-corrected chi connectivity index (χ2v) is 8.94. The first-order valence-corrected chi connectivity index (χ1v) is 11.4. The van der Waals surface area contributed by atoms with E-state index in [1.165, 1.54) is 13.2 Å². The normalized spacial score (nSPS) is 11.0. The first-order chi connectivity index (χ1) is 15.2. The summed E-state index contributed by atoms with van der Waals surface area (Å²) in [5.41, 5.74) is 2.87. The summed E-state index contributed by atoms with van der Waals surface area (Å²) in [7, 11) is -0.710. The Hall–Kier alpha value is -3.52. The molecule has 3 aromatic carbocycles. The zero-order chi connectivity index (χ0) is 23.3. The van der Waals surface area contributed by atoms with Gasteiger partial charge in [-0.15, -0.1) is 0 Å². The van der Waals surface area contributed by atoms with Gasteiger partial charge in [-0.3, -0.25) is 9.52 Å². The fourth-order valence-corrected chi connectivity index (χ4v) is 4.68. The summed E-state index contributed by atoms with van der Waals surface area (Å²) in [6.07, 6.45) is 0. The van der Waals surface area contributed by atoms with Crippen molar-refractivity contribution in [2.75, 3.05) is 18.9 Å². The number of carbonyl (C=O) groups is 1. The number of rotatable bonds is 8. The van der Waals surface area contributed by atoms with Gasteiger partial charge in [-0.1, -0.05) is 30.3 Å².